The van der Waals surface area contributed by atoms with Gasteiger partial charge in [0.05, 0.1) is 15.6 Å². The van der Waals surface area contributed by atoms with Crippen molar-refractivity contribution in [3.8, 4) is 0 Å². The molecule has 0 saturated carbocycles. The molecule has 0 amide bonds. The van der Waals surface area contributed by atoms with Crippen LogP contribution < -0.4 is 4.72 Å². The van der Waals surface area contributed by atoms with E-state index in [0.29, 0.717) is 0 Å². The van der Waals surface area contributed by atoms with Crippen molar-refractivity contribution in [3.05, 3.63) is 53.1 Å². The molecule has 2 rings (SSSR count). The van der Waals surface area contributed by atoms with E-state index in [1.54, 1.807) is 32.9 Å². The number of hydrogen-bond acceptors (Lipinski definition) is 4. The molecule has 0 aliphatic heterocycles. The average Bonchev–Trinajstić information content (AvgIpc) is 2.57. The highest BCUT2D eigenvalue weighted by Crippen LogP contribution is 2.29. The molecular weight excluding hydrogens is 396 g/mol. The molecule has 0 aromatic heterocycles. The molecule has 0 unspecified atom stereocenters. The topological polar surface area (TPSA) is 83.6 Å². The summed E-state index contributed by atoms with van der Waals surface area (Å²) in [5.41, 5.74) is 0.926. The third-order valence-electron chi connectivity index (χ3n) is 3.81. The number of anilines is 1. The van der Waals surface area contributed by atoms with E-state index in [9.17, 15) is 16.8 Å². The number of nitrogens with zero attached hydrogens (tertiary/aromatic N) is 1. The molecule has 6 nitrogen and oxygen atoms in total. The second-order valence-electron chi connectivity index (χ2n) is 5.66. The summed E-state index contributed by atoms with van der Waals surface area (Å²) in [7, 11) is -7.66. The second-order valence-corrected chi connectivity index (χ2v) is 9.65. The molecule has 2 aromatic rings. The first kappa shape index (κ1) is 20.7. The van der Waals surface area contributed by atoms with Gasteiger partial charge in [0.1, 0.15) is 4.90 Å². The summed E-state index contributed by atoms with van der Waals surface area (Å²) in [6, 6.07) is 10.5. The molecule has 0 radical (unpaired) electrons. The lowest BCUT2D eigenvalue weighted by atomic mass is 10.2. The Hall–Kier alpha value is -1.61. The summed E-state index contributed by atoms with van der Waals surface area (Å²) >= 11 is 6.06. The zero-order valence-electron chi connectivity index (χ0n) is 14.7. The van der Waals surface area contributed by atoms with Crippen LogP contribution in [0.4, 0.5) is 5.69 Å². The SMILES string of the molecule is CCN(CC)S(=O)(=O)c1cc(NS(=O)(=O)c2cccc(C)c2)ccc1Cl. The van der Waals surface area contributed by atoms with Crippen LogP contribution in [-0.4, -0.2) is 34.2 Å². The van der Waals surface area contributed by atoms with Crippen molar-refractivity contribution >= 4 is 37.3 Å². The monoisotopic (exact) mass is 416 g/mol. The predicted octanol–water partition coefficient (Wildman–Crippen LogP) is 3.48. The summed E-state index contributed by atoms with van der Waals surface area (Å²) in [5.74, 6) is 0. The minimum Gasteiger partial charge on any atom is -0.280 e. The van der Waals surface area contributed by atoms with Crippen molar-refractivity contribution in [2.45, 2.75) is 30.6 Å². The largest absolute Gasteiger partial charge is 0.280 e. The second kappa shape index (κ2) is 7.96. The zero-order chi connectivity index (χ0) is 19.5. The van der Waals surface area contributed by atoms with E-state index in [0.717, 1.165) is 5.56 Å². The number of sulfonamides is 2. The van der Waals surface area contributed by atoms with Gasteiger partial charge in [0, 0.05) is 13.1 Å². The van der Waals surface area contributed by atoms with Gasteiger partial charge in [-0.3, -0.25) is 4.72 Å². The van der Waals surface area contributed by atoms with Gasteiger partial charge in [-0.2, -0.15) is 4.31 Å². The summed E-state index contributed by atoms with van der Waals surface area (Å²) < 4.78 is 54.2. The van der Waals surface area contributed by atoms with Gasteiger partial charge in [-0.25, -0.2) is 16.8 Å². The smallest absolute Gasteiger partial charge is 0.261 e. The van der Waals surface area contributed by atoms with Crippen molar-refractivity contribution in [1.82, 2.24) is 4.31 Å². The van der Waals surface area contributed by atoms with Gasteiger partial charge < -0.3 is 0 Å². The molecule has 0 heterocycles. The van der Waals surface area contributed by atoms with Gasteiger partial charge in [0.15, 0.2) is 0 Å². The molecule has 0 saturated heterocycles. The van der Waals surface area contributed by atoms with Crippen LogP contribution in [0.25, 0.3) is 0 Å². The summed E-state index contributed by atoms with van der Waals surface area (Å²) in [5, 5.41) is 0.0374. The van der Waals surface area contributed by atoms with Crippen molar-refractivity contribution in [3.63, 3.8) is 0 Å². The Morgan fingerprint density at radius 2 is 1.65 bits per heavy atom. The minimum atomic E-state index is -3.84. The number of halogens is 1. The number of benzene rings is 2. The van der Waals surface area contributed by atoms with Crippen LogP contribution in [0.5, 0.6) is 0 Å². The lowest BCUT2D eigenvalue weighted by Crippen LogP contribution is -2.30. The molecule has 2 aromatic carbocycles. The Morgan fingerprint density at radius 1 is 1.00 bits per heavy atom. The number of hydrogen-bond donors (Lipinski definition) is 1. The summed E-state index contributed by atoms with van der Waals surface area (Å²) in [4.78, 5) is -0.0343. The predicted molar refractivity (Wildman–Crippen MR) is 104 cm³/mol. The normalized spacial score (nSPS) is 12.3. The van der Waals surface area contributed by atoms with Gasteiger partial charge >= 0.3 is 0 Å². The van der Waals surface area contributed by atoms with Crippen molar-refractivity contribution in [2.75, 3.05) is 17.8 Å². The average molecular weight is 417 g/mol. The van der Waals surface area contributed by atoms with Crippen LogP contribution in [-0.2, 0) is 20.0 Å². The van der Waals surface area contributed by atoms with Gasteiger partial charge in [0.25, 0.3) is 10.0 Å². The molecule has 26 heavy (non-hydrogen) atoms. The lowest BCUT2D eigenvalue weighted by Gasteiger charge is -2.20. The molecular formula is C17H21ClN2O4S2. The number of aryl methyl sites for hydroxylation is 1. The van der Waals surface area contributed by atoms with E-state index < -0.39 is 20.0 Å². The zero-order valence-corrected chi connectivity index (χ0v) is 17.1. The van der Waals surface area contributed by atoms with Crippen LogP contribution in [0.1, 0.15) is 19.4 Å². The molecule has 0 atom stereocenters. The highest BCUT2D eigenvalue weighted by molar-refractivity contribution is 7.92. The lowest BCUT2D eigenvalue weighted by molar-refractivity contribution is 0.445. The highest BCUT2D eigenvalue weighted by Gasteiger charge is 2.25. The van der Waals surface area contributed by atoms with Crippen LogP contribution in [0.15, 0.2) is 52.3 Å². The molecule has 142 valence electrons. The van der Waals surface area contributed by atoms with E-state index in [1.807, 2.05) is 0 Å². The van der Waals surface area contributed by atoms with Gasteiger partial charge in [-0.05, 0) is 42.8 Å². The van der Waals surface area contributed by atoms with Crippen molar-refractivity contribution in [2.24, 2.45) is 0 Å². The van der Waals surface area contributed by atoms with Gasteiger partial charge in [-0.15, -0.1) is 0 Å². The quantitative estimate of drug-likeness (QED) is 0.748. The maximum Gasteiger partial charge on any atom is 0.261 e. The number of rotatable bonds is 7. The fourth-order valence-electron chi connectivity index (χ4n) is 2.46. The fourth-order valence-corrected chi connectivity index (χ4v) is 5.58. The van der Waals surface area contributed by atoms with Crippen molar-refractivity contribution in [1.29, 1.82) is 0 Å². The van der Waals surface area contributed by atoms with Crippen LogP contribution in [0.2, 0.25) is 5.02 Å². The third-order valence-corrected chi connectivity index (χ3v) is 7.72. The molecule has 9 heteroatoms. The maximum atomic E-state index is 12.7. The molecule has 0 aliphatic carbocycles. The van der Waals surface area contributed by atoms with Gasteiger partial charge in [0.2, 0.25) is 10.0 Å². The Kier molecular flexibility index (Phi) is 6.33. The molecule has 0 spiro atoms. The van der Waals surface area contributed by atoms with Crippen LogP contribution in [0, 0.1) is 6.92 Å². The van der Waals surface area contributed by atoms with E-state index >= 15 is 0 Å². The Balaban J connectivity index is 2.44. The van der Waals surface area contributed by atoms with E-state index in [1.165, 1.54) is 34.6 Å². The maximum absolute atomic E-state index is 12.7. The van der Waals surface area contributed by atoms with Crippen LogP contribution >= 0.6 is 11.6 Å². The first-order valence-corrected chi connectivity index (χ1v) is 11.3. The Morgan fingerprint density at radius 3 is 2.23 bits per heavy atom. The first-order chi connectivity index (χ1) is 12.1. The standard InChI is InChI=1S/C17H21ClN2O4S2/c1-4-20(5-2)26(23,24)17-12-14(9-10-16(17)18)19-25(21,22)15-8-6-7-13(3)11-15/h6-12,19H,4-5H2,1-3H3. The Bertz CT molecular complexity index is 1000. The van der Waals surface area contributed by atoms with Crippen molar-refractivity contribution < 1.29 is 16.8 Å². The number of nitrogens with one attached hydrogen (secondary N) is 1. The first-order valence-electron chi connectivity index (χ1n) is 8.01. The Labute approximate surface area is 159 Å². The summed E-state index contributed by atoms with van der Waals surface area (Å²) in [6.45, 7) is 5.80. The minimum absolute atomic E-state index is 0.0374. The highest BCUT2D eigenvalue weighted by atomic mass is 35.5. The van der Waals surface area contributed by atoms with E-state index in [2.05, 4.69) is 4.72 Å². The molecule has 0 bridgehead atoms. The molecule has 1 N–H and O–H groups in total. The third kappa shape index (κ3) is 4.37. The van der Waals surface area contributed by atoms with Crippen LogP contribution in [0.3, 0.4) is 0 Å². The van der Waals surface area contributed by atoms with E-state index in [-0.39, 0.29) is 33.6 Å². The fraction of sp³-hybridized carbons (Fsp3) is 0.294. The van der Waals surface area contributed by atoms with Gasteiger partial charge in [-0.1, -0.05) is 37.6 Å². The molecule has 0 aliphatic rings. The summed E-state index contributed by atoms with van der Waals surface area (Å²) in [6.07, 6.45) is 0. The molecule has 0 fully saturated rings. The van der Waals surface area contributed by atoms with E-state index in [4.69, 9.17) is 11.6 Å².